The Kier molecular flexibility index (Phi) is 3.32. The maximum Gasteiger partial charge on any atom is 0.0245 e. The normalized spacial score (nSPS) is 28.1. The van der Waals surface area contributed by atoms with Gasteiger partial charge in [-0.25, -0.2) is 0 Å². The van der Waals surface area contributed by atoms with E-state index in [2.05, 4.69) is 33.9 Å². The first-order chi connectivity index (χ1) is 8.31. The van der Waals surface area contributed by atoms with Gasteiger partial charge in [0.15, 0.2) is 0 Å². The highest BCUT2D eigenvalue weighted by Gasteiger charge is 2.31. The highest BCUT2D eigenvalue weighted by molar-refractivity contribution is 7.07. The van der Waals surface area contributed by atoms with Crippen molar-refractivity contribution in [3.05, 3.63) is 34.5 Å². The molecule has 17 heavy (non-hydrogen) atoms. The molecule has 2 unspecified atom stereocenters. The lowest BCUT2D eigenvalue weighted by atomic mass is 10.1. The maximum atomic E-state index is 5.92. The Morgan fingerprint density at radius 3 is 2.82 bits per heavy atom. The van der Waals surface area contributed by atoms with E-state index in [-0.39, 0.29) is 0 Å². The predicted molar refractivity (Wildman–Crippen MR) is 73.0 cm³/mol. The van der Waals surface area contributed by atoms with Crippen molar-refractivity contribution in [2.75, 3.05) is 6.54 Å². The van der Waals surface area contributed by atoms with Gasteiger partial charge in [0.2, 0.25) is 0 Å². The van der Waals surface area contributed by atoms with Crippen LogP contribution < -0.4 is 5.73 Å². The molecule has 0 bridgehead atoms. The monoisotopic (exact) mass is 248 g/mol. The zero-order chi connectivity index (χ0) is 11.7. The molecule has 0 aromatic carbocycles. The molecule has 2 aliphatic rings. The summed E-state index contributed by atoms with van der Waals surface area (Å²) in [6.45, 7) is 2.30. The van der Waals surface area contributed by atoms with Gasteiger partial charge in [-0.3, -0.25) is 4.90 Å². The minimum atomic E-state index is 0.294. The van der Waals surface area contributed by atoms with Gasteiger partial charge in [0.1, 0.15) is 0 Å². The van der Waals surface area contributed by atoms with E-state index < -0.39 is 0 Å². The fourth-order valence-electron chi connectivity index (χ4n) is 2.64. The zero-order valence-corrected chi connectivity index (χ0v) is 10.9. The third kappa shape index (κ3) is 2.97. The first-order valence-electron chi connectivity index (χ1n) is 6.50. The van der Waals surface area contributed by atoms with Crippen molar-refractivity contribution in [3.63, 3.8) is 0 Å². The highest BCUT2D eigenvalue weighted by Crippen LogP contribution is 2.31. The molecule has 3 rings (SSSR count). The topological polar surface area (TPSA) is 29.3 Å². The Bertz CT molecular complexity index is 381. The zero-order valence-electron chi connectivity index (χ0n) is 10.1. The summed E-state index contributed by atoms with van der Waals surface area (Å²) in [5.74, 6) is 0.671. The van der Waals surface area contributed by atoms with Crippen LogP contribution >= 0.6 is 11.3 Å². The predicted octanol–water partition coefficient (Wildman–Crippen LogP) is 2.62. The van der Waals surface area contributed by atoms with Crippen molar-refractivity contribution in [3.8, 4) is 0 Å². The maximum absolute atomic E-state index is 5.92. The van der Waals surface area contributed by atoms with Crippen LogP contribution in [0.3, 0.4) is 0 Å². The number of rotatable bonds is 5. The van der Waals surface area contributed by atoms with Gasteiger partial charge >= 0.3 is 0 Å². The van der Waals surface area contributed by atoms with Gasteiger partial charge in [0.05, 0.1) is 0 Å². The van der Waals surface area contributed by atoms with Crippen LogP contribution in [-0.4, -0.2) is 23.5 Å². The molecule has 0 amide bonds. The average Bonchev–Trinajstić information content (AvgIpc) is 2.89. The second kappa shape index (κ2) is 4.92. The SMILES string of the molecule is NC1C=CC(CN(Cc2ccsc2)C2CC2)C1. The lowest BCUT2D eigenvalue weighted by Crippen LogP contribution is -2.31. The molecule has 1 heterocycles. The van der Waals surface area contributed by atoms with Crippen LogP contribution in [-0.2, 0) is 6.54 Å². The fraction of sp³-hybridized carbons (Fsp3) is 0.571. The molecule has 0 saturated heterocycles. The molecule has 1 aromatic rings. The Labute approximate surface area is 107 Å². The standard InChI is InChI=1S/C14H20N2S/c15-13-2-1-11(7-13)8-16(14-3-4-14)9-12-5-6-17-10-12/h1-2,5-6,10-11,13-14H,3-4,7-9,15H2. The van der Waals surface area contributed by atoms with E-state index in [0.717, 1.165) is 19.0 Å². The summed E-state index contributed by atoms with van der Waals surface area (Å²) in [5, 5.41) is 4.44. The van der Waals surface area contributed by atoms with Gasteiger partial charge in [0.25, 0.3) is 0 Å². The van der Waals surface area contributed by atoms with Gasteiger partial charge in [-0.1, -0.05) is 12.2 Å². The molecule has 2 N–H and O–H groups in total. The van der Waals surface area contributed by atoms with E-state index >= 15 is 0 Å². The summed E-state index contributed by atoms with van der Waals surface area (Å²) in [6, 6.07) is 3.37. The number of nitrogens with zero attached hydrogens (tertiary/aromatic N) is 1. The molecule has 0 spiro atoms. The fourth-order valence-corrected chi connectivity index (χ4v) is 3.30. The molecule has 3 heteroatoms. The molecule has 2 atom stereocenters. The van der Waals surface area contributed by atoms with Gasteiger partial charge in [-0.05, 0) is 47.6 Å². The number of hydrogen-bond donors (Lipinski definition) is 1. The molecule has 1 saturated carbocycles. The first-order valence-corrected chi connectivity index (χ1v) is 7.44. The van der Waals surface area contributed by atoms with Crippen LogP contribution in [0.1, 0.15) is 24.8 Å². The summed E-state index contributed by atoms with van der Waals surface area (Å²) < 4.78 is 0. The molecule has 1 fully saturated rings. The Balaban J connectivity index is 1.59. The second-order valence-electron chi connectivity index (χ2n) is 5.34. The van der Waals surface area contributed by atoms with E-state index in [0.29, 0.717) is 12.0 Å². The Morgan fingerprint density at radius 1 is 1.35 bits per heavy atom. The highest BCUT2D eigenvalue weighted by atomic mass is 32.1. The summed E-state index contributed by atoms with van der Waals surface area (Å²) in [7, 11) is 0. The van der Waals surface area contributed by atoms with Crippen molar-refractivity contribution in [1.82, 2.24) is 4.90 Å². The van der Waals surface area contributed by atoms with Crippen molar-refractivity contribution < 1.29 is 0 Å². The van der Waals surface area contributed by atoms with E-state index in [1.807, 2.05) is 0 Å². The van der Waals surface area contributed by atoms with E-state index in [1.165, 1.54) is 24.9 Å². The molecule has 0 radical (unpaired) electrons. The smallest absolute Gasteiger partial charge is 0.0245 e. The van der Waals surface area contributed by atoms with Crippen molar-refractivity contribution in [1.29, 1.82) is 0 Å². The van der Waals surface area contributed by atoms with Gasteiger partial charge < -0.3 is 5.73 Å². The first kappa shape index (κ1) is 11.5. The second-order valence-corrected chi connectivity index (χ2v) is 6.12. The van der Waals surface area contributed by atoms with Gasteiger partial charge in [-0.2, -0.15) is 11.3 Å². The third-order valence-corrected chi connectivity index (χ3v) is 4.44. The number of nitrogens with two attached hydrogens (primary N) is 1. The summed E-state index contributed by atoms with van der Waals surface area (Å²) in [6.07, 6.45) is 8.38. The summed E-state index contributed by atoms with van der Waals surface area (Å²) in [5.41, 5.74) is 7.39. The van der Waals surface area contributed by atoms with E-state index in [1.54, 1.807) is 11.3 Å². The van der Waals surface area contributed by atoms with Crippen LogP contribution in [0.2, 0.25) is 0 Å². The molecule has 92 valence electrons. The Hall–Kier alpha value is -0.640. The molecule has 2 aliphatic carbocycles. The summed E-state index contributed by atoms with van der Waals surface area (Å²) >= 11 is 1.80. The quantitative estimate of drug-likeness (QED) is 0.812. The van der Waals surface area contributed by atoms with E-state index in [9.17, 15) is 0 Å². The Morgan fingerprint density at radius 2 is 2.24 bits per heavy atom. The van der Waals surface area contributed by atoms with Crippen LogP contribution in [0.4, 0.5) is 0 Å². The molecule has 2 nitrogen and oxygen atoms in total. The third-order valence-electron chi connectivity index (χ3n) is 3.70. The van der Waals surface area contributed by atoms with Crippen LogP contribution in [0, 0.1) is 5.92 Å². The average molecular weight is 248 g/mol. The van der Waals surface area contributed by atoms with Crippen LogP contribution in [0.5, 0.6) is 0 Å². The van der Waals surface area contributed by atoms with Gasteiger partial charge in [0, 0.05) is 25.2 Å². The molecule has 1 aromatic heterocycles. The van der Waals surface area contributed by atoms with Crippen molar-refractivity contribution >= 4 is 11.3 Å². The largest absolute Gasteiger partial charge is 0.324 e. The van der Waals surface area contributed by atoms with Crippen molar-refractivity contribution in [2.24, 2.45) is 11.7 Å². The van der Waals surface area contributed by atoms with Crippen LogP contribution in [0.25, 0.3) is 0 Å². The minimum absolute atomic E-state index is 0.294. The van der Waals surface area contributed by atoms with Crippen molar-refractivity contribution in [2.45, 2.75) is 37.9 Å². The number of hydrogen-bond acceptors (Lipinski definition) is 3. The molecule has 0 aliphatic heterocycles. The molecular formula is C14H20N2S. The summed E-state index contributed by atoms with van der Waals surface area (Å²) in [4.78, 5) is 2.65. The van der Waals surface area contributed by atoms with Crippen LogP contribution in [0.15, 0.2) is 29.0 Å². The van der Waals surface area contributed by atoms with Gasteiger partial charge in [-0.15, -0.1) is 0 Å². The lowest BCUT2D eigenvalue weighted by Gasteiger charge is -2.24. The number of thiophene rings is 1. The lowest BCUT2D eigenvalue weighted by molar-refractivity contribution is 0.227. The molecular weight excluding hydrogens is 228 g/mol. The van der Waals surface area contributed by atoms with E-state index in [4.69, 9.17) is 5.73 Å². The minimum Gasteiger partial charge on any atom is -0.324 e.